The molecule has 1 aromatic heterocycles. The number of carbonyl (C=O) groups excluding carboxylic acids is 2. The van der Waals surface area contributed by atoms with Gasteiger partial charge in [-0.2, -0.15) is 0 Å². The molecule has 1 atom stereocenters. The van der Waals surface area contributed by atoms with Gasteiger partial charge in [0.2, 0.25) is 0 Å². The van der Waals surface area contributed by atoms with E-state index in [0.29, 0.717) is 23.6 Å². The van der Waals surface area contributed by atoms with Crippen LogP contribution in [-0.2, 0) is 9.53 Å². The Hall–Kier alpha value is -3.11. The van der Waals surface area contributed by atoms with Gasteiger partial charge in [-0.1, -0.05) is 12.1 Å². The molecule has 2 aromatic rings. The van der Waals surface area contributed by atoms with Crippen molar-refractivity contribution >= 4 is 28.5 Å². The van der Waals surface area contributed by atoms with Gasteiger partial charge in [0.15, 0.2) is 5.13 Å². The highest BCUT2D eigenvalue weighted by molar-refractivity contribution is 7.13. The highest BCUT2D eigenvalue weighted by atomic mass is 32.1. The first-order chi connectivity index (χ1) is 16.5. The summed E-state index contributed by atoms with van der Waals surface area (Å²) in [5.41, 5.74) is 2.84. The molecule has 2 N–H and O–H groups in total. The van der Waals surface area contributed by atoms with Crippen LogP contribution in [0.25, 0.3) is 0 Å². The third-order valence-electron chi connectivity index (χ3n) is 5.95. The van der Waals surface area contributed by atoms with Crippen molar-refractivity contribution in [1.29, 1.82) is 0 Å². The SMILES string of the molecule is CCOC(=O)C1=C(CN2CCCN(c3nc(C)cs3)CC2)NC(=O)NC1c1ccc(OC)cc1. The van der Waals surface area contributed by atoms with Gasteiger partial charge in [-0.15, -0.1) is 11.3 Å². The molecule has 2 aliphatic heterocycles. The monoisotopic (exact) mass is 485 g/mol. The molecule has 9 nitrogen and oxygen atoms in total. The quantitative estimate of drug-likeness (QED) is 0.582. The summed E-state index contributed by atoms with van der Waals surface area (Å²) in [5, 5.41) is 8.88. The number of aromatic nitrogens is 1. The fourth-order valence-electron chi connectivity index (χ4n) is 4.27. The van der Waals surface area contributed by atoms with Crippen LogP contribution in [0.2, 0.25) is 0 Å². The summed E-state index contributed by atoms with van der Waals surface area (Å²) < 4.78 is 10.6. The number of methoxy groups -OCH3 is 1. The number of carbonyl (C=O) groups is 2. The normalized spacial score (nSPS) is 19.3. The van der Waals surface area contributed by atoms with E-state index in [4.69, 9.17) is 9.47 Å². The summed E-state index contributed by atoms with van der Waals surface area (Å²) in [4.78, 5) is 34.8. The Morgan fingerprint density at radius 3 is 2.68 bits per heavy atom. The van der Waals surface area contributed by atoms with Gasteiger partial charge in [0.25, 0.3) is 0 Å². The zero-order chi connectivity index (χ0) is 24.1. The molecule has 10 heteroatoms. The fraction of sp³-hybridized carbons (Fsp3) is 0.458. The summed E-state index contributed by atoms with van der Waals surface area (Å²) in [6.07, 6.45) is 0.967. The van der Waals surface area contributed by atoms with Gasteiger partial charge in [0, 0.05) is 43.8 Å². The van der Waals surface area contributed by atoms with E-state index >= 15 is 0 Å². The number of benzene rings is 1. The van der Waals surface area contributed by atoms with Crippen molar-refractivity contribution in [3.8, 4) is 5.75 Å². The van der Waals surface area contributed by atoms with Crippen LogP contribution in [0.4, 0.5) is 9.93 Å². The summed E-state index contributed by atoms with van der Waals surface area (Å²) in [7, 11) is 1.60. The fourth-order valence-corrected chi connectivity index (χ4v) is 5.13. The number of esters is 1. The number of ether oxygens (including phenoxy) is 2. The van der Waals surface area contributed by atoms with Crippen LogP contribution in [0.1, 0.15) is 30.6 Å². The van der Waals surface area contributed by atoms with Crippen LogP contribution < -0.4 is 20.3 Å². The predicted octanol–water partition coefficient (Wildman–Crippen LogP) is 2.84. The number of hydrogen-bond donors (Lipinski definition) is 2. The minimum absolute atomic E-state index is 0.255. The summed E-state index contributed by atoms with van der Waals surface area (Å²) >= 11 is 1.66. The molecule has 2 aliphatic rings. The molecular formula is C24H31N5O4S. The molecule has 1 unspecified atom stereocenters. The molecule has 1 saturated heterocycles. The molecule has 0 radical (unpaired) electrons. The number of rotatable bonds is 7. The Morgan fingerprint density at radius 2 is 2.00 bits per heavy atom. The Labute approximate surface area is 203 Å². The zero-order valence-electron chi connectivity index (χ0n) is 19.8. The maximum Gasteiger partial charge on any atom is 0.338 e. The third kappa shape index (κ3) is 5.51. The van der Waals surface area contributed by atoms with E-state index in [-0.39, 0.29) is 12.6 Å². The lowest BCUT2D eigenvalue weighted by Gasteiger charge is -2.32. The van der Waals surface area contributed by atoms with Crippen molar-refractivity contribution in [3.63, 3.8) is 0 Å². The highest BCUT2D eigenvalue weighted by Gasteiger charge is 2.34. The first-order valence-electron chi connectivity index (χ1n) is 11.5. The number of thiazole rings is 1. The molecule has 2 amide bonds. The average Bonchev–Trinajstić information content (AvgIpc) is 3.13. The topological polar surface area (TPSA) is 96.0 Å². The van der Waals surface area contributed by atoms with Crippen molar-refractivity contribution in [2.75, 3.05) is 51.3 Å². The lowest BCUT2D eigenvalue weighted by atomic mass is 9.95. The Morgan fingerprint density at radius 1 is 1.21 bits per heavy atom. The third-order valence-corrected chi connectivity index (χ3v) is 6.97. The lowest BCUT2D eigenvalue weighted by molar-refractivity contribution is -0.139. The standard InChI is InChI=1S/C24H31N5O4S/c1-4-33-22(30)20-19(26-23(31)27-21(20)17-6-8-18(32-3)9-7-17)14-28-10-5-11-29(13-12-28)24-25-16(2)15-34-24/h6-9,15,21H,4-5,10-14H2,1-3H3,(H2,26,27,31). The average molecular weight is 486 g/mol. The number of nitrogens with zero attached hydrogens (tertiary/aromatic N) is 3. The van der Waals surface area contributed by atoms with Crippen molar-refractivity contribution < 1.29 is 19.1 Å². The smallest absolute Gasteiger partial charge is 0.338 e. The van der Waals surface area contributed by atoms with E-state index < -0.39 is 12.0 Å². The maximum absolute atomic E-state index is 13.0. The van der Waals surface area contributed by atoms with Gasteiger partial charge in [0.05, 0.1) is 31.0 Å². The number of anilines is 1. The minimum Gasteiger partial charge on any atom is -0.497 e. The van der Waals surface area contributed by atoms with Gasteiger partial charge in [0.1, 0.15) is 5.75 Å². The Bertz CT molecular complexity index is 1050. The summed E-state index contributed by atoms with van der Waals surface area (Å²) in [6.45, 7) is 7.92. The lowest BCUT2D eigenvalue weighted by Crippen LogP contribution is -2.48. The predicted molar refractivity (Wildman–Crippen MR) is 131 cm³/mol. The van der Waals surface area contributed by atoms with Gasteiger partial charge in [-0.3, -0.25) is 4.90 Å². The number of aryl methyl sites for hydroxylation is 1. The zero-order valence-corrected chi connectivity index (χ0v) is 20.6. The summed E-state index contributed by atoms with van der Waals surface area (Å²) in [6, 6.07) is 6.40. The van der Waals surface area contributed by atoms with Crippen LogP contribution in [0.15, 0.2) is 40.9 Å². The number of hydrogen-bond acceptors (Lipinski definition) is 8. The van der Waals surface area contributed by atoms with Crippen molar-refractivity contribution in [2.45, 2.75) is 26.3 Å². The first kappa shape index (κ1) is 24.0. The van der Waals surface area contributed by atoms with Gasteiger partial charge < -0.3 is 25.0 Å². The van der Waals surface area contributed by atoms with E-state index in [9.17, 15) is 9.59 Å². The van der Waals surface area contributed by atoms with Crippen molar-refractivity contribution in [1.82, 2.24) is 20.5 Å². The number of nitrogens with one attached hydrogen (secondary N) is 2. The van der Waals surface area contributed by atoms with E-state index in [1.54, 1.807) is 25.4 Å². The van der Waals surface area contributed by atoms with Crippen molar-refractivity contribution in [3.05, 3.63) is 52.2 Å². The molecule has 0 aliphatic carbocycles. The molecule has 4 rings (SSSR count). The van der Waals surface area contributed by atoms with E-state index in [0.717, 1.165) is 49.0 Å². The van der Waals surface area contributed by atoms with Crippen LogP contribution in [0.5, 0.6) is 5.75 Å². The molecule has 1 fully saturated rings. The second kappa shape index (κ2) is 10.9. The van der Waals surface area contributed by atoms with E-state index in [1.807, 2.05) is 31.2 Å². The molecule has 0 spiro atoms. The maximum atomic E-state index is 13.0. The van der Waals surface area contributed by atoms with Gasteiger partial charge in [-0.25, -0.2) is 14.6 Å². The largest absolute Gasteiger partial charge is 0.497 e. The second-order valence-electron chi connectivity index (χ2n) is 8.31. The summed E-state index contributed by atoms with van der Waals surface area (Å²) in [5.74, 6) is 0.274. The highest BCUT2D eigenvalue weighted by Crippen LogP contribution is 2.30. The number of urea groups is 1. The van der Waals surface area contributed by atoms with Crippen LogP contribution in [0.3, 0.4) is 0 Å². The van der Waals surface area contributed by atoms with E-state index in [2.05, 4.69) is 30.8 Å². The first-order valence-corrected chi connectivity index (χ1v) is 12.4. The molecule has 34 heavy (non-hydrogen) atoms. The van der Waals surface area contributed by atoms with Gasteiger partial charge >= 0.3 is 12.0 Å². The second-order valence-corrected chi connectivity index (χ2v) is 9.14. The van der Waals surface area contributed by atoms with Crippen molar-refractivity contribution in [2.24, 2.45) is 0 Å². The number of amides is 2. The van der Waals surface area contributed by atoms with Gasteiger partial charge in [-0.05, 0) is 38.0 Å². The minimum atomic E-state index is -0.601. The molecule has 0 bridgehead atoms. The molecule has 1 aromatic carbocycles. The molecule has 3 heterocycles. The molecule has 0 saturated carbocycles. The van der Waals surface area contributed by atoms with Crippen LogP contribution in [-0.4, -0.2) is 68.3 Å². The van der Waals surface area contributed by atoms with Crippen LogP contribution >= 0.6 is 11.3 Å². The Balaban J connectivity index is 1.58. The molecule has 182 valence electrons. The Kier molecular flexibility index (Phi) is 7.69. The molecular weight excluding hydrogens is 454 g/mol. The van der Waals surface area contributed by atoms with E-state index in [1.165, 1.54) is 0 Å². The van der Waals surface area contributed by atoms with Crippen LogP contribution in [0, 0.1) is 6.92 Å².